The average Bonchev–Trinajstić information content (AvgIpc) is 1.93. The molecule has 0 bridgehead atoms. The van der Waals surface area contributed by atoms with E-state index < -0.39 is 29.3 Å². The fourth-order valence-corrected chi connectivity index (χ4v) is 10.2. The molecule has 2 aliphatic rings. The summed E-state index contributed by atoms with van der Waals surface area (Å²) in [5.41, 5.74) is 11.8. The first-order valence-corrected chi connectivity index (χ1v) is 28.8. The second-order valence-corrected chi connectivity index (χ2v) is 22.7. The van der Waals surface area contributed by atoms with E-state index in [2.05, 4.69) is 68.6 Å². The van der Waals surface area contributed by atoms with Crippen molar-refractivity contribution < 1.29 is 48.0 Å². The van der Waals surface area contributed by atoms with Gasteiger partial charge in [0.1, 0.15) is 30.8 Å². The van der Waals surface area contributed by atoms with Gasteiger partial charge >= 0.3 is 6.01 Å². The number of fused-ring (bicyclic) bond motifs is 1. The Kier molecular flexibility index (Phi) is 24.8. The van der Waals surface area contributed by atoms with Gasteiger partial charge in [0.05, 0.1) is 84.2 Å². The van der Waals surface area contributed by atoms with Crippen LogP contribution in [0.5, 0.6) is 11.9 Å². The molecule has 25 nitrogen and oxygen atoms in total. The number of imidazole rings is 1. The number of pyridine rings is 1. The minimum Gasteiger partial charge on any atom is -0.480 e. The molecule has 3 unspecified atom stereocenters. The third-order valence-corrected chi connectivity index (χ3v) is 14.6. The summed E-state index contributed by atoms with van der Waals surface area (Å²) in [5, 5.41) is 19.1. The molecule has 7 N–H and O–H groups in total. The summed E-state index contributed by atoms with van der Waals surface area (Å²) in [6.07, 6.45) is 6.54. The van der Waals surface area contributed by atoms with Crippen LogP contribution in [0, 0.1) is 12.3 Å². The molecule has 86 heavy (non-hydrogen) atoms. The van der Waals surface area contributed by atoms with E-state index in [0.29, 0.717) is 52.8 Å². The first-order chi connectivity index (χ1) is 41.1. The molecule has 2 aliphatic heterocycles. The monoisotopic (exact) mass is 1240 g/mol. The molecule has 0 saturated carbocycles. The maximum atomic E-state index is 14.4. The number of methoxy groups -OCH3 is 2. The molecular weight excluding hydrogens is 1170 g/mol. The molecule has 28 heteroatoms. The quantitative estimate of drug-likeness (QED) is 0.0165. The number of aryl methyl sites for hydroxylation is 2. The number of halogens is 2. The summed E-state index contributed by atoms with van der Waals surface area (Å²) in [6, 6.07) is 15.9. The van der Waals surface area contributed by atoms with Crippen molar-refractivity contribution in [3.63, 3.8) is 0 Å². The standard InChI is InChI=1S/C35H39Cl2N11O8.C13H14N2OS.C10H19NO2/c1-46-17-22(37)13-25(33(46)51)48-29(20-5-7-21(36)8-6-20)30-28(34(48)52)43-31(24-16-42-35(54-3)44-32(24)53-2)47(30)10-4-9-40-14-23(45-39)15-41-27(50)19-56-12-11-55-18-26(38)49;1-9(14-7-16)11-3-5-12(6-4-11)13-10(2)15-8-17-13;1-10(2,3)6-9(13)11-5-4-8(12)7-11/h5-8,13-14,16-17,29H,4,9-12,15,18-19,39H2,1-3H3,(H2,38,49)(H,41,50);3-9H,1-2H3,(H,14,16);8,12H,4-7H2,1-3H3/b40-14?,45-23+;;. The van der Waals surface area contributed by atoms with E-state index in [-0.39, 0.29) is 97.8 Å². The number of aliphatic hydroxyl groups excluding tert-OH is 1. The minimum absolute atomic E-state index is 0.0134. The van der Waals surface area contributed by atoms with Gasteiger partial charge in [0.15, 0.2) is 5.69 Å². The number of nitrogens with one attached hydrogen (secondary N) is 2. The molecule has 4 aromatic heterocycles. The van der Waals surface area contributed by atoms with Crippen LogP contribution < -0.4 is 42.1 Å². The minimum atomic E-state index is -0.831. The largest absolute Gasteiger partial charge is 0.480 e. The van der Waals surface area contributed by atoms with Crippen LogP contribution in [-0.4, -0.2) is 154 Å². The van der Waals surface area contributed by atoms with Gasteiger partial charge in [-0.1, -0.05) is 80.4 Å². The van der Waals surface area contributed by atoms with Crippen molar-refractivity contribution in [2.45, 2.75) is 78.6 Å². The number of nitrogens with zero attached hydrogens (tertiary/aromatic N) is 10. The maximum absolute atomic E-state index is 14.4. The van der Waals surface area contributed by atoms with Crippen molar-refractivity contribution in [2.24, 2.45) is 34.1 Å². The number of hydrogen-bond donors (Lipinski definition) is 5. The number of likely N-dealkylation sites (tertiary alicyclic amines) is 1. The van der Waals surface area contributed by atoms with Crippen LogP contribution in [0.3, 0.4) is 0 Å². The summed E-state index contributed by atoms with van der Waals surface area (Å²) in [7, 11) is 4.41. The first-order valence-electron chi connectivity index (χ1n) is 27.2. The molecule has 3 atom stereocenters. The molecule has 1 saturated heterocycles. The highest BCUT2D eigenvalue weighted by atomic mass is 35.5. The molecule has 1 fully saturated rings. The van der Waals surface area contributed by atoms with Crippen molar-refractivity contribution >= 4 is 82.2 Å². The Morgan fingerprint density at radius 3 is 2.30 bits per heavy atom. The van der Waals surface area contributed by atoms with Gasteiger partial charge in [-0.15, -0.1) is 11.3 Å². The Morgan fingerprint density at radius 2 is 1.70 bits per heavy atom. The SMILES string of the molecule is CC(C)(C)CC(=O)N1CCC(O)C1.COc1ncc(-c2nc3c(n2CCCN=C/C(CNC(=O)COCCOCC(N)=O)=N\N)C(c2ccc(Cl)cc2)N(c2cc(Cl)cn(C)c2=O)C3=O)c(OC)n1.Cc1ncsc1-c1ccc(C(C)NC=O)cc1. The fraction of sp³-hybridized carbons (Fsp3) is 0.414. The van der Waals surface area contributed by atoms with E-state index in [4.69, 9.17) is 58.7 Å². The zero-order valence-electron chi connectivity index (χ0n) is 49.1. The van der Waals surface area contributed by atoms with Gasteiger partial charge < -0.3 is 60.3 Å². The zero-order chi connectivity index (χ0) is 62.7. The van der Waals surface area contributed by atoms with Crippen LogP contribution in [0.2, 0.25) is 10.0 Å². The number of carbonyl (C=O) groups excluding carboxylic acids is 5. The van der Waals surface area contributed by atoms with Gasteiger partial charge in [-0.3, -0.25) is 38.7 Å². The molecule has 460 valence electrons. The third kappa shape index (κ3) is 18.4. The maximum Gasteiger partial charge on any atom is 0.319 e. The first kappa shape index (κ1) is 67.0. The highest BCUT2D eigenvalue weighted by Gasteiger charge is 2.45. The lowest BCUT2D eigenvalue weighted by Crippen LogP contribution is -2.35. The number of rotatable bonds is 24. The normalized spacial score (nSPS) is 15.1. The number of hydrazone groups is 1. The van der Waals surface area contributed by atoms with Crippen molar-refractivity contribution in [1.29, 1.82) is 0 Å². The van der Waals surface area contributed by atoms with Crippen molar-refractivity contribution in [3.8, 4) is 33.7 Å². The molecular formula is C58H72Cl2N14O11S. The Hall–Kier alpha value is -8.14. The van der Waals surface area contributed by atoms with Crippen LogP contribution in [0.4, 0.5) is 5.69 Å². The zero-order valence-corrected chi connectivity index (χ0v) is 51.4. The van der Waals surface area contributed by atoms with Crippen LogP contribution in [-0.2, 0) is 42.2 Å². The van der Waals surface area contributed by atoms with Gasteiger partial charge in [-0.05, 0) is 67.0 Å². The topological polar surface area (TPSA) is 328 Å². The van der Waals surface area contributed by atoms with Crippen LogP contribution >= 0.6 is 34.5 Å². The smallest absolute Gasteiger partial charge is 0.319 e. The number of amides is 5. The molecule has 0 spiro atoms. The molecule has 8 rings (SSSR count). The second kappa shape index (κ2) is 31.8. The number of aliphatic imine (C=N–C) groups is 1. The summed E-state index contributed by atoms with van der Waals surface area (Å²) in [6.45, 7) is 11.6. The average molecular weight is 1240 g/mol. The van der Waals surface area contributed by atoms with Gasteiger partial charge in [0, 0.05) is 63.3 Å². The van der Waals surface area contributed by atoms with Crippen molar-refractivity contribution in [1.82, 2.24) is 44.6 Å². The van der Waals surface area contributed by atoms with E-state index in [9.17, 15) is 33.9 Å². The Labute approximate surface area is 511 Å². The highest BCUT2D eigenvalue weighted by Crippen LogP contribution is 2.44. The number of β-amino-alcohol motifs (C(OH)–C–C–N with tert-alkyl or cyclic N) is 1. The molecule has 6 heterocycles. The number of primary amides is 1. The number of anilines is 1. The van der Waals surface area contributed by atoms with Crippen LogP contribution in [0.15, 0.2) is 87.4 Å². The van der Waals surface area contributed by atoms with E-state index in [1.165, 1.54) is 58.8 Å². The van der Waals surface area contributed by atoms with Crippen molar-refractivity contribution in [3.05, 3.63) is 121 Å². The van der Waals surface area contributed by atoms with Gasteiger partial charge in [-0.2, -0.15) is 10.1 Å². The number of thiazole rings is 1. The summed E-state index contributed by atoms with van der Waals surface area (Å²) in [4.78, 5) is 99.3. The molecule has 5 amide bonds. The van der Waals surface area contributed by atoms with Crippen molar-refractivity contribution in [2.75, 3.05) is 71.7 Å². The van der Waals surface area contributed by atoms with E-state index in [1.807, 2.05) is 36.1 Å². The van der Waals surface area contributed by atoms with Gasteiger partial charge in [0.2, 0.25) is 30.0 Å². The lowest BCUT2D eigenvalue weighted by molar-refractivity contribution is -0.132. The van der Waals surface area contributed by atoms with E-state index in [0.717, 1.165) is 30.6 Å². The second-order valence-electron chi connectivity index (χ2n) is 21.0. The van der Waals surface area contributed by atoms with Gasteiger partial charge in [0.25, 0.3) is 11.5 Å². The lowest BCUT2D eigenvalue weighted by Gasteiger charge is -2.27. The number of carbonyl (C=O) groups is 5. The number of ether oxygens (including phenoxy) is 4. The summed E-state index contributed by atoms with van der Waals surface area (Å²) >= 11 is 14.3. The number of nitrogens with two attached hydrogens (primary N) is 2. The van der Waals surface area contributed by atoms with E-state index in [1.54, 1.807) is 47.5 Å². The number of benzene rings is 2. The Morgan fingerprint density at radius 1 is 0.988 bits per heavy atom. The molecule has 2 aromatic carbocycles. The lowest BCUT2D eigenvalue weighted by atomic mass is 9.92. The number of hydrogen-bond acceptors (Lipinski definition) is 19. The number of aliphatic hydroxyl groups is 1. The predicted molar refractivity (Wildman–Crippen MR) is 328 cm³/mol. The van der Waals surface area contributed by atoms with E-state index >= 15 is 0 Å². The predicted octanol–water partition coefficient (Wildman–Crippen LogP) is 5.46. The van der Waals surface area contributed by atoms with Crippen LogP contribution in [0.1, 0.15) is 92.0 Å². The Bertz CT molecular complexity index is 3420. The summed E-state index contributed by atoms with van der Waals surface area (Å²) < 4.78 is 24.1. The molecule has 0 aliphatic carbocycles. The third-order valence-electron chi connectivity index (χ3n) is 13.2. The highest BCUT2D eigenvalue weighted by molar-refractivity contribution is 7.13. The van der Waals surface area contributed by atoms with Crippen LogP contribution in [0.25, 0.3) is 21.8 Å². The molecule has 0 radical (unpaired) electrons. The Balaban J connectivity index is 0.000000317. The number of aromatic nitrogens is 6. The fourth-order valence-electron chi connectivity index (χ4n) is 9.02. The summed E-state index contributed by atoms with van der Waals surface area (Å²) in [5.74, 6) is 4.64. The van der Waals surface area contributed by atoms with Gasteiger partial charge in [-0.25, -0.2) is 15.0 Å². The molecule has 6 aromatic rings.